The number of aromatic nitrogens is 1. The van der Waals surface area contributed by atoms with Gasteiger partial charge in [0, 0.05) is 23.7 Å². The van der Waals surface area contributed by atoms with E-state index in [1.54, 1.807) is 29.5 Å². The van der Waals surface area contributed by atoms with E-state index >= 15 is 0 Å². The third-order valence-corrected chi connectivity index (χ3v) is 8.15. The lowest BCUT2D eigenvalue weighted by Crippen LogP contribution is -2.34. The molecule has 3 rings (SSSR count). The number of hydrogen-bond acceptors (Lipinski definition) is 4. The van der Waals surface area contributed by atoms with Crippen molar-refractivity contribution in [1.82, 2.24) is 0 Å². The maximum atomic E-state index is 13.0. The molecule has 0 saturated heterocycles. The van der Waals surface area contributed by atoms with E-state index in [4.69, 9.17) is 4.74 Å². The molecule has 1 aromatic heterocycles. The lowest BCUT2D eigenvalue weighted by Gasteiger charge is -2.12. The largest absolute Gasteiger partial charge is 0.493 e. The monoisotopic (exact) mass is 563 g/mol. The van der Waals surface area contributed by atoms with E-state index in [0.29, 0.717) is 23.5 Å². The first-order valence-electron chi connectivity index (χ1n) is 15.1. The molecule has 1 heterocycles. The Balaban J connectivity index is 1.42. The Kier molecular flexibility index (Phi) is 13.9. The molecule has 0 spiro atoms. The van der Waals surface area contributed by atoms with Gasteiger partial charge in [-0.25, -0.2) is 0 Å². The predicted octanol–water partition coefficient (Wildman–Crippen LogP) is 8.93. The number of unbranched alkanes of at least 4 members (excludes halogenated alkanes) is 11. The number of ether oxygens (including phenoxy) is 1. The second-order valence-corrected chi connectivity index (χ2v) is 11.5. The third kappa shape index (κ3) is 10.9. The van der Waals surface area contributed by atoms with Crippen molar-refractivity contribution in [2.75, 3.05) is 11.9 Å². The number of benzene rings is 2. The minimum Gasteiger partial charge on any atom is -0.493 e. The van der Waals surface area contributed by atoms with E-state index in [1.165, 1.54) is 76.8 Å². The van der Waals surface area contributed by atoms with Crippen LogP contribution in [0.25, 0.3) is 0 Å². The highest BCUT2D eigenvalue weighted by atomic mass is 32.1. The van der Waals surface area contributed by atoms with E-state index in [0.717, 1.165) is 30.6 Å². The molecule has 3 aromatic rings. The van der Waals surface area contributed by atoms with Crippen molar-refractivity contribution < 1.29 is 18.9 Å². The number of carbonyl (C=O) groups excluding carboxylic acids is 2. The number of ketones is 1. The number of nitrogens with zero attached hydrogens (tertiary/aromatic N) is 1. The van der Waals surface area contributed by atoms with Gasteiger partial charge in [-0.05, 0) is 43.7 Å². The number of carbonyl (C=O) groups is 2. The molecule has 0 atom stereocenters. The summed E-state index contributed by atoms with van der Waals surface area (Å²) < 4.78 is 8.15. The average molecular weight is 564 g/mol. The van der Waals surface area contributed by atoms with Gasteiger partial charge in [0.2, 0.25) is 5.51 Å². The summed E-state index contributed by atoms with van der Waals surface area (Å²) in [6, 6.07) is 13.0. The number of nitrogens with one attached hydrogen (secondary N) is 1. The maximum Gasteiger partial charge on any atom is 0.255 e. The number of amides is 1. The first-order chi connectivity index (χ1) is 19.5. The molecule has 0 bridgehead atoms. The van der Waals surface area contributed by atoms with Crippen molar-refractivity contribution in [1.29, 1.82) is 0 Å². The SMILES string of the molecule is CCCCCCCCCCCCCCOc1ccc(C(=O)Nc2cccc(C[n+]3cscc3C)c2)cc1C(C)=O. The molecular formula is C34H47N2O3S+. The van der Waals surface area contributed by atoms with Gasteiger partial charge in [0.1, 0.15) is 5.75 Å². The van der Waals surface area contributed by atoms with Crippen LogP contribution in [0.1, 0.15) is 123 Å². The first-order valence-corrected chi connectivity index (χ1v) is 16.0. The summed E-state index contributed by atoms with van der Waals surface area (Å²) in [5.41, 5.74) is 6.02. The second-order valence-electron chi connectivity index (χ2n) is 10.8. The molecule has 40 heavy (non-hydrogen) atoms. The fraction of sp³-hybridized carbons (Fsp3) is 0.500. The first kappa shape index (κ1) is 31.5. The average Bonchev–Trinajstić information content (AvgIpc) is 3.35. The van der Waals surface area contributed by atoms with Crippen LogP contribution in [0.3, 0.4) is 0 Å². The Hall–Kier alpha value is -2.99. The van der Waals surface area contributed by atoms with Gasteiger partial charge >= 0.3 is 0 Å². The highest BCUT2D eigenvalue weighted by molar-refractivity contribution is 7.07. The molecule has 0 fully saturated rings. The van der Waals surface area contributed by atoms with E-state index in [1.807, 2.05) is 18.2 Å². The maximum absolute atomic E-state index is 13.0. The van der Waals surface area contributed by atoms with Crippen LogP contribution in [0.4, 0.5) is 5.69 Å². The molecule has 2 aromatic carbocycles. The van der Waals surface area contributed by atoms with Crippen LogP contribution in [0.5, 0.6) is 5.75 Å². The Labute approximate surface area is 245 Å². The summed E-state index contributed by atoms with van der Waals surface area (Å²) in [5.74, 6) is 0.202. The Morgan fingerprint density at radius 1 is 0.875 bits per heavy atom. The van der Waals surface area contributed by atoms with Crippen LogP contribution in [-0.4, -0.2) is 18.3 Å². The number of rotatable bonds is 19. The van der Waals surface area contributed by atoms with Gasteiger partial charge in [-0.3, -0.25) is 9.59 Å². The molecule has 5 nitrogen and oxygen atoms in total. The number of Topliss-reactive ketones (excluding diaryl/α,β-unsaturated/α-hetero) is 1. The van der Waals surface area contributed by atoms with Gasteiger partial charge in [-0.2, -0.15) is 4.57 Å². The zero-order valence-electron chi connectivity index (χ0n) is 24.7. The lowest BCUT2D eigenvalue weighted by atomic mass is 10.1. The third-order valence-electron chi connectivity index (χ3n) is 7.29. The molecule has 1 amide bonds. The Morgan fingerprint density at radius 3 is 2.17 bits per heavy atom. The van der Waals surface area contributed by atoms with Crippen molar-refractivity contribution >= 4 is 28.7 Å². The number of aryl methyl sites for hydroxylation is 1. The molecule has 216 valence electrons. The van der Waals surface area contributed by atoms with Gasteiger partial charge in [0.05, 0.1) is 17.6 Å². The van der Waals surface area contributed by atoms with Crippen molar-refractivity contribution in [2.24, 2.45) is 0 Å². The van der Waals surface area contributed by atoms with Crippen molar-refractivity contribution in [3.8, 4) is 5.75 Å². The van der Waals surface area contributed by atoms with Crippen LogP contribution in [0.15, 0.2) is 53.4 Å². The van der Waals surface area contributed by atoms with Crippen LogP contribution in [0, 0.1) is 6.92 Å². The van der Waals surface area contributed by atoms with E-state index in [-0.39, 0.29) is 11.7 Å². The molecule has 0 aliphatic rings. The molecular weight excluding hydrogens is 516 g/mol. The predicted molar refractivity (Wildman–Crippen MR) is 166 cm³/mol. The van der Waals surface area contributed by atoms with E-state index in [9.17, 15) is 9.59 Å². The van der Waals surface area contributed by atoms with Crippen molar-refractivity contribution in [3.63, 3.8) is 0 Å². The lowest BCUT2D eigenvalue weighted by molar-refractivity contribution is -0.689. The van der Waals surface area contributed by atoms with Gasteiger partial charge in [-0.1, -0.05) is 101 Å². The number of hydrogen-bond donors (Lipinski definition) is 1. The normalized spacial score (nSPS) is 11.0. The molecule has 0 aliphatic heterocycles. The quantitative estimate of drug-likeness (QED) is 0.0900. The molecule has 0 saturated carbocycles. The zero-order chi connectivity index (χ0) is 28.6. The zero-order valence-corrected chi connectivity index (χ0v) is 25.5. The van der Waals surface area contributed by atoms with Crippen LogP contribution in [-0.2, 0) is 6.54 Å². The molecule has 0 aliphatic carbocycles. The van der Waals surface area contributed by atoms with Crippen molar-refractivity contribution in [2.45, 2.75) is 104 Å². The summed E-state index contributed by atoms with van der Waals surface area (Å²) in [7, 11) is 0. The fourth-order valence-corrected chi connectivity index (χ4v) is 5.64. The number of anilines is 1. The second kappa shape index (κ2) is 17.6. The Bertz CT molecular complexity index is 1200. The minimum absolute atomic E-state index is 0.107. The minimum atomic E-state index is -0.244. The fourth-order valence-electron chi connectivity index (χ4n) is 4.86. The van der Waals surface area contributed by atoms with Crippen LogP contribution >= 0.6 is 11.3 Å². The summed E-state index contributed by atoms with van der Waals surface area (Å²) in [5, 5.41) is 5.09. The molecule has 0 radical (unpaired) electrons. The summed E-state index contributed by atoms with van der Waals surface area (Å²) >= 11 is 1.67. The highest BCUT2D eigenvalue weighted by Crippen LogP contribution is 2.23. The van der Waals surface area contributed by atoms with Crippen LogP contribution in [0.2, 0.25) is 0 Å². The molecule has 0 unspecified atom stereocenters. The van der Waals surface area contributed by atoms with Crippen LogP contribution < -0.4 is 14.6 Å². The standard InChI is InChI=1S/C34H46N2O3S/c1-4-5-6-7-8-9-10-11-12-13-14-15-21-39-33-20-19-30(23-32(33)28(3)37)34(38)35-31-18-16-17-29(22-31)24-36-26-40-25-27(36)2/h16-20,22-23,25-26H,4-15,21,24H2,1-3H3/p+1. The van der Waals surface area contributed by atoms with E-state index < -0.39 is 0 Å². The summed E-state index contributed by atoms with van der Waals surface area (Å²) in [6.07, 6.45) is 15.5. The molecule has 1 N–H and O–H groups in total. The molecule has 6 heteroatoms. The Morgan fingerprint density at radius 2 is 1.55 bits per heavy atom. The van der Waals surface area contributed by atoms with Gasteiger partial charge < -0.3 is 10.1 Å². The van der Waals surface area contributed by atoms with Gasteiger partial charge in [-0.15, -0.1) is 0 Å². The topological polar surface area (TPSA) is 59.3 Å². The van der Waals surface area contributed by atoms with Gasteiger partial charge in [0.15, 0.2) is 18.0 Å². The summed E-state index contributed by atoms with van der Waals surface area (Å²) in [6.45, 7) is 7.19. The summed E-state index contributed by atoms with van der Waals surface area (Å²) in [4.78, 5) is 25.3. The highest BCUT2D eigenvalue weighted by Gasteiger charge is 2.15. The van der Waals surface area contributed by atoms with Crippen molar-refractivity contribution in [3.05, 3.63) is 75.7 Å². The smallest absolute Gasteiger partial charge is 0.255 e. The van der Waals surface area contributed by atoms with E-state index in [2.05, 4.69) is 40.7 Å². The number of thiazole rings is 1. The van der Waals surface area contributed by atoms with Gasteiger partial charge in [0.25, 0.3) is 5.91 Å².